The molecule has 0 unspecified atom stereocenters. The van der Waals surface area contributed by atoms with E-state index in [1.807, 2.05) is 19.9 Å². The first kappa shape index (κ1) is 13.1. The lowest BCUT2D eigenvalue weighted by Gasteiger charge is -2.26. The maximum Gasteiger partial charge on any atom is 0.126 e. The fraction of sp³-hybridized carbons (Fsp3) is 0.500. The average molecular weight is 312 g/mol. The second-order valence-electron chi connectivity index (χ2n) is 3.77. The normalized spacial score (nSPS) is 11.5. The van der Waals surface area contributed by atoms with Crippen molar-refractivity contribution in [2.45, 2.75) is 19.4 Å². The molecule has 0 radical (unpaired) electrons. The lowest BCUT2D eigenvalue weighted by molar-refractivity contribution is 0.645. The number of anilines is 1. The van der Waals surface area contributed by atoms with Gasteiger partial charge in [0.05, 0.1) is 5.54 Å². The van der Waals surface area contributed by atoms with Gasteiger partial charge in [-0.2, -0.15) is 0 Å². The number of halogens is 3. The third-order valence-electron chi connectivity index (χ3n) is 2.07. The first-order chi connectivity index (χ1) is 7.00. The van der Waals surface area contributed by atoms with E-state index in [0.717, 1.165) is 15.9 Å². The van der Waals surface area contributed by atoms with E-state index >= 15 is 0 Å². The summed E-state index contributed by atoms with van der Waals surface area (Å²) in [5.41, 5.74) is 0.801. The first-order valence-electron chi connectivity index (χ1n) is 4.53. The molecule has 0 saturated heterocycles. The molecule has 2 nitrogen and oxygen atoms in total. The highest BCUT2D eigenvalue weighted by molar-refractivity contribution is 9.10. The molecule has 1 N–H and O–H groups in total. The molecule has 1 heterocycles. The summed E-state index contributed by atoms with van der Waals surface area (Å²) < 4.78 is 0.992. The molecule has 0 aliphatic heterocycles. The molecule has 0 aliphatic carbocycles. The van der Waals surface area contributed by atoms with Crippen molar-refractivity contribution in [1.82, 2.24) is 4.98 Å². The van der Waals surface area contributed by atoms with Crippen LogP contribution in [0.1, 0.15) is 12.5 Å². The van der Waals surface area contributed by atoms with Gasteiger partial charge in [0, 0.05) is 22.4 Å². The molecule has 0 fully saturated rings. The Hall–Kier alpha value is 0.01000. The number of aromatic nitrogens is 1. The fourth-order valence-electron chi connectivity index (χ4n) is 1.02. The lowest BCUT2D eigenvalue weighted by atomic mass is 10.1. The second-order valence-corrected chi connectivity index (χ2v) is 5.16. The monoisotopic (exact) mass is 310 g/mol. The Morgan fingerprint density at radius 2 is 2.07 bits per heavy atom. The lowest BCUT2D eigenvalue weighted by Crippen LogP contribution is -2.39. The third-order valence-corrected chi connectivity index (χ3v) is 4.08. The Morgan fingerprint density at radius 1 is 1.47 bits per heavy atom. The minimum Gasteiger partial charge on any atom is -0.362 e. The van der Waals surface area contributed by atoms with E-state index in [9.17, 15) is 0 Å². The highest BCUT2D eigenvalue weighted by Gasteiger charge is 2.22. The van der Waals surface area contributed by atoms with Crippen LogP contribution in [0.3, 0.4) is 0 Å². The molecular formula is C10H13BrCl2N2. The van der Waals surface area contributed by atoms with Crippen LogP contribution in [0.25, 0.3) is 0 Å². The van der Waals surface area contributed by atoms with Gasteiger partial charge in [0.15, 0.2) is 0 Å². The van der Waals surface area contributed by atoms with Crippen molar-refractivity contribution < 1.29 is 0 Å². The molecule has 15 heavy (non-hydrogen) atoms. The molecule has 0 spiro atoms. The molecule has 0 aliphatic rings. The van der Waals surface area contributed by atoms with Crippen molar-refractivity contribution in [2.24, 2.45) is 0 Å². The van der Waals surface area contributed by atoms with Gasteiger partial charge < -0.3 is 5.32 Å². The summed E-state index contributed by atoms with van der Waals surface area (Å²) in [5, 5.41) is 3.23. The number of alkyl halides is 2. The smallest absolute Gasteiger partial charge is 0.126 e. The maximum absolute atomic E-state index is 5.85. The predicted molar refractivity (Wildman–Crippen MR) is 70.1 cm³/mol. The van der Waals surface area contributed by atoms with Gasteiger partial charge in [0.25, 0.3) is 0 Å². The maximum atomic E-state index is 5.85. The molecule has 0 saturated carbocycles. The summed E-state index contributed by atoms with van der Waals surface area (Å²) in [6, 6.07) is 1.96. The number of pyridine rings is 1. The van der Waals surface area contributed by atoms with Gasteiger partial charge in [-0.25, -0.2) is 4.98 Å². The number of hydrogen-bond donors (Lipinski definition) is 1. The summed E-state index contributed by atoms with van der Waals surface area (Å²) in [4.78, 5) is 4.24. The largest absolute Gasteiger partial charge is 0.362 e. The van der Waals surface area contributed by atoms with Crippen LogP contribution in [0.4, 0.5) is 5.82 Å². The molecule has 0 bridgehead atoms. The van der Waals surface area contributed by atoms with Crippen LogP contribution < -0.4 is 5.32 Å². The third kappa shape index (κ3) is 3.51. The molecular weight excluding hydrogens is 299 g/mol. The van der Waals surface area contributed by atoms with E-state index < -0.39 is 0 Å². The van der Waals surface area contributed by atoms with Crippen molar-refractivity contribution in [2.75, 3.05) is 17.1 Å². The number of hydrogen-bond acceptors (Lipinski definition) is 2. The van der Waals surface area contributed by atoms with E-state index in [0.29, 0.717) is 11.8 Å². The van der Waals surface area contributed by atoms with E-state index in [1.165, 1.54) is 0 Å². The summed E-state index contributed by atoms with van der Waals surface area (Å²) in [6.45, 7) is 3.97. The minimum atomic E-state index is -0.323. The molecule has 0 aromatic carbocycles. The molecule has 1 aromatic rings. The van der Waals surface area contributed by atoms with Gasteiger partial charge in [-0.15, -0.1) is 23.2 Å². The SMILES string of the molecule is Cc1cc(NC(C)(CCl)CCl)ncc1Br. The molecule has 84 valence electrons. The molecule has 0 amide bonds. The van der Waals surface area contributed by atoms with E-state index in [4.69, 9.17) is 23.2 Å². The van der Waals surface area contributed by atoms with Crippen molar-refractivity contribution in [1.29, 1.82) is 0 Å². The number of nitrogens with zero attached hydrogens (tertiary/aromatic N) is 1. The predicted octanol–water partition coefficient (Wildman–Crippen LogP) is 3.80. The average Bonchev–Trinajstić information content (AvgIpc) is 2.23. The Bertz CT molecular complexity index is 340. The molecule has 0 atom stereocenters. The minimum absolute atomic E-state index is 0.323. The fourth-order valence-corrected chi connectivity index (χ4v) is 1.66. The Morgan fingerprint density at radius 3 is 2.53 bits per heavy atom. The van der Waals surface area contributed by atoms with Gasteiger partial charge in [-0.05, 0) is 41.4 Å². The standard InChI is InChI=1S/C10H13BrCl2N2/c1-7-3-9(14-4-8(7)11)15-10(2,5-12)6-13/h3-4H,5-6H2,1-2H3,(H,14,15). The van der Waals surface area contributed by atoms with Crippen molar-refractivity contribution in [3.8, 4) is 0 Å². The first-order valence-corrected chi connectivity index (χ1v) is 6.39. The van der Waals surface area contributed by atoms with Gasteiger partial charge >= 0.3 is 0 Å². The van der Waals surface area contributed by atoms with Crippen molar-refractivity contribution in [3.63, 3.8) is 0 Å². The zero-order chi connectivity index (χ0) is 11.5. The van der Waals surface area contributed by atoms with Crippen LogP contribution in [0.5, 0.6) is 0 Å². The number of aryl methyl sites for hydroxylation is 1. The van der Waals surface area contributed by atoms with Crippen molar-refractivity contribution >= 4 is 44.9 Å². The van der Waals surface area contributed by atoms with E-state index in [2.05, 4.69) is 26.2 Å². The van der Waals surface area contributed by atoms with Crippen LogP contribution in [0.15, 0.2) is 16.7 Å². The zero-order valence-electron chi connectivity index (χ0n) is 8.65. The highest BCUT2D eigenvalue weighted by Crippen LogP contribution is 2.21. The van der Waals surface area contributed by atoms with Crippen LogP contribution in [0.2, 0.25) is 0 Å². The Kier molecular flexibility index (Phi) is 4.68. The second kappa shape index (κ2) is 5.37. The topological polar surface area (TPSA) is 24.9 Å². The number of rotatable bonds is 4. The Labute approximate surface area is 108 Å². The zero-order valence-corrected chi connectivity index (χ0v) is 11.7. The van der Waals surface area contributed by atoms with Crippen LogP contribution in [-0.2, 0) is 0 Å². The van der Waals surface area contributed by atoms with E-state index in [1.54, 1.807) is 6.20 Å². The van der Waals surface area contributed by atoms with E-state index in [-0.39, 0.29) is 5.54 Å². The summed E-state index contributed by atoms with van der Waals surface area (Å²) >= 11 is 15.1. The molecule has 5 heteroatoms. The number of nitrogens with one attached hydrogen (secondary N) is 1. The van der Waals surface area contributed by atoms with Gasteiger partial charge in [0.2, 0.25) is 0 Å². The van der Waals surface area contributed by atoms with Crippen LogP contribution >= 0.6 is 39.1 Å². The Balaban J connectivity index is 2.85. The summed E-state index contributed by atoms with van der Waals surface area (Å²) in [7, 11) is 0. The van der Waals surface area contributed by atoms with Gasteiger partial charge in [-0.3, -0.25) is 0 Å². The van der Waals surface area contributed by atoms with Crippen molar-refractivity contribution in [3.05, 3.63) is 22.3 Å². The van der Waals surface area contributed by atoms with Gasteiger partial charge in [0.1, 0.15) is 5.82 Å². The molecule has 1 aromatic heterocycles. The summed E-state index contributed by atoms with van der Waals surface area (Å²) in [5.74, 6) is 1.67. The molecule has 1 rings (SSSR count). The highest BCUT2D eigenvalue weighted by atomic mass is 79.9. The quantitative estimate of drug-likeness (QED) is 0.856. The summed E-state index contributed by atoms with van der Waals surface area (Å²) in [6.07, 6.45) is 1.76. The van der Waals surface area contributed by atoms with Crippen LogP contribution in [0, 0.1) is 6.92 Å². The van der Waals surface area contributed by atoms with Gasteiger partial charge in [-0.1, -0.05) is 0 Å². The van der Waals surface area contributed by atoms with Crippen LogP contribution in [-0.4, -0.2) is 22.3 Å².